The van der Waals surface area contributed by atoms with Gasteiger partial charge in [-0.3, -0.25) is 9.78 Å². The van der Waals surface area contributed by atoms with E-state index in [0.717, 1.165) is 5.56 Å². The lowest BCUT2D eigenvalue weighted by Crippen LogP contribution is -2.16. The number of hydrogen-bond acceptors (Lipinski definition) is 4. The monoisotopic (exact) mass is 227 g/mol. The van der Waals surface area contributed by atoms with E-state index in [0.29, 0.717) is 5.69 Å². The van der Waals surface area contributed by atoms with Crippen LogP contribution in [0.1, 0.15) is 28.5 Å². The zero-order valence-electron chi connectivity index (χ0n) is 9.28. The highest BCUT2D eigenvalue weighted by Gasteiger charge is 2.14. The molecule has 0 amide bonds. The molecule has 1 heterocycles. The Morgan fingerprint density at radius 1 is 1.24 bits per heavy atom. The maximum Gasteiger partial charge on any atom is 0.184 e. The fourth-order valence-electron chi connectivity index (χ4n) is 1.57. The van der Waals surface area contributed by atoms with E-state index in [1.165, 1.54) is 18.6 Å². The summed E-state index contributed by atoms with van der Waals surface area (Å²) in [6.07, 6.45) is 4.73. The van der Waals surface area contributed by atoms with Gasteiger partial charge < -0.3 is 5.73 Å². The topological polar surface area (TPSA) is 68.9 Å². The highest BCUT2D eigenvalue weighted by atomic mass is 16.1. The summed E-state index contributed by atoms with van der Waals surface area (Å²) < 4.78 is 0. The molecular formula is C13H13N3O. The average molecular weight is 227 g/mol. The average Bonchev–Trinajstić information content (AvgIpc) is 2.40. The van der Waals surface area contributed by atoms with Gasteiger partial charge >= 0.3 is 0 Å². The molecule has 4 nitrogen and oxygen atoms in total. The fourth-order valence-corrected chi connectivity index (χ4v) is 1.57. The maximum atomic E-state index is 11.8. The molecule has 17 heavy (non-hydrogen) atoms. The molecule has 0 aliphatic rings. The van der Waals surface area contributed by atoms with E-state index >= 15 is 0 Å². The van der Waals surface area contributed by atoms with Crippen LogP contribution in [0.4, 0.5) is 0 Å². The second-order valence-electron chi connectivity index (χ2n) is 3.74. The Balaban J connectivity index is 2.05. The third-order valence-corrected chi connectivity index (χ3v) is 2.48. The number of ketones is 1. The highest BCUT2D eigenvalue weighted by molar-refractivity contribution is 5.94. The van der Waals surface area contributed by atoms with E-state index in [9.17, 15) is 4.79 Å². The van der Waals surface area contributed by atoms with E-state index in [4.69, 9.17) is 5.73 Å². The number of Topliss-reactive ketones (excluding diaryl/α,β-unsaturated/α-hetero) is 1. The van der Waals surface area contributed by atoms with Gasteiger partial charge in [-0.1, -0.05) is 30.3 Å². The van der Waals surface area contributed by atoms with Crippen molar-refractivity contribution < 1.29 is 4.79 Å². The van der Waals surface area contributed by atoms with Crippen LogP contribution in [0.3, 0.4) is 0 Å². The minimum Gasteiger partial charge on any atom is -0.324 e. The van der Waals surface area contributed by atoms with Crippen molar-refractivity contribution in [3.05, 3.63) is 60.2 Å². The van der Waals surface area contributed by atoms with Crippen molar-refractivity contribution in [2.75, 3.05) is 0 Å². The molecule has 0 saturated carbocycles. The van der Waals surface area contributed by atoms with Gasteiger partial charge in [-0.05, 0) is 5.56 Å². The van der Waals surface area contributed by atoms with Crippen LogP contribution in [0.5, 0.6) is 0 Å². The van der Waals surface area contributed by atoms with Crippen LogP contribution in [-0.2, 0) is 0 Å². The lowest BCUT2D eigenvalue weighted by molar-refractivity contribution is 0.0969. The fraction of sp³-hybridized carbons (Fsp3) is 0.154. The number of carbonyl (C=O) groups excluding carboxylic acids is 1. The van der Waals surface area contributed by atoms with Crippen LogP contribution in [0.2, 0.25) is 0 Å². The quantitative estimate of drug-likeness (QED) is 0.808. The zero-order valence-corrected chi connectivity index (χ0v) is 9.28. The van der Waals surface area contributed by atoms with E-state index in [1.807, 2.05) is 30.3 Å². The van der Waals surface area contributed by atoms with Gasteiger partial charge in [-0.25, -0.2) is 4.98 Å². The summed E-state index contributed by atoms with van der Waals surface area (Å²) in [5.74, 6) is -0.0885. The summed E-state index contributed by atoms with van der Waals surface area (Å²) in [6.45, 7) is 0. The first-order valence-corrected chi connectivity index (χ1v) is 5.37. The summed E-state index contributed by atoms with van der Waals surface area (Å²) in [5, 5.41) is 0. The molecule has 86 valence electrons. The Morgan fingerprint density at radius 2 is 2.00 bits per heavy atom. The number of benzene rings is 1. The van der Waals surface area contributed by atoms with Crippen LogP contribution in [-0.4, -0.2) is 15.8 Å². The summed E-state index contributed by atoms with van der Waals surface area (Å²) in [7, 11) is 0. The van der Waals surface area contributed by atoms with Crippen molar-refractivity contribution in [2.24, 2.45) is 5.73 Å². The van der Waals surface area contributed by atoms with Gasteiger partial charge in [-0.2, -0.15) is 0 Å². The molecule has 1 unspecified atom stereocenters. The number of rotatable bonds is 4. The number of carbonyl (C=O) groups is 1. The molecule has 1 atom stereocenters. The molecule has 0 fully saturated rings. The number of aromatic nitrogens is 2. The molecule has 0 aliphatic heterocycles. The Hall–Kier alpha value is -2.07. The molecule has 1 aromatic carbocycles. The smallest absolute Gasteiger partial charge is 0.184 e. The molecule has 0 radical (unpaired) electrons. The summed E-state index contributed by atoms with van der Waals surface area (Å²) in [5.41, 5.74) is 7.27. The van der Waals surface area contributed by atoms with Gasteiger partial charge in [0.15, 0.2) is 5.78 Å². The van der Waals surface area contributed by atoms with Crippen LogP contribution in [0, 0.1) is 0 Å². The van der Waals surface area contributed by atoms with Gasteiger partial charge in [0, 0.05) is 24.9 Å². The van der Waals surface area contributed by atoms with Crippen LogP contribution >= 0.6 is 0 Å². The van der Waals surface area contributed by atoms with E-state index in [-0.39, 0.29) is 18.2 Å². The summed E-state index contributed by atoms with van der Waals surface area (Å²) in [6, 6.07) is 9.25. The lowest BCUT2D eigenvalue weighted by Gasteiger charge is -2.10. The maximum absolute atomic E-state index is 11.8. The summed E-state index contributed by atoms with van der Waals surface area (Å²) in [4.78, 5) is 19.7. The van der Waals surface area contributed by atoms with Crippen molar-refractivity contribution in [1.29, 1.82) is 0 Å². The van der Waals surface area contributed by atoms with Gasteiger partial charge in [-0.15, -0.1) is 0 Å². The molecule has 2 N–H and O–H groups in total. The van der Waals surface area contributed by atoms with E-state index in [1.54, 1.807) is 0 Å². The molecule has 4 heteroatoms. The molecular weight excluding hydrogens is 214 g/mol. The largest absolute Gasteiger partial charge is 0.324 e. The number of hydrogen-bond donors (Lipinski definition) is 1. The normalized spacial score (nSPS) is 12.1. The van der Waals surface area contributed by atoms with Crippen molar-refractivity contribution in [3.8, 4) is 0 Å². The Bertz CT molecular complexity index is 485. The number of nitrogens with zero attached hydrogens (tertiary/aromatic N) is 2. The molecule has 2 rings (SSSR count). The predicted molar refractivity (Wildman–Crippen MR) is 64.3 cm³/mol. The Labute approximate surface area is 99.5 Å². The van der Waals surface area contributed by atoms with Gasteiger partial charge in [0.2, 0.25) is 0 Å². The number of nitrogens with two attached hydrogens (primary N) is 1. The molecule has 1 aromatic heterocycles. The van der Waals surface area contributed by atoms with E-state index in [2.05, 4.69) is 9.97 Å². The van der Waals surface area contributed by atoms with Crippen molar-refractivity contribution in [1.82, 2.24) is 9.97 Å². The first kappa shape index (κ1) is 11.4. The zero-order chi connectivity index (χ0) is 12.1. The molecule has 2 aromatic rings. The van der Waals surface area contributed by atoms with Crippen LogP contribution in [0.25, 0.3) is 0 Å². The Kier molecular flexibility index (Phi) is 3.57. The van der Waals surface area contributed by atoms with Crippen molar-refractivity contribution in [3.63, 3.8) is 0 Å². The Morgan fingerprint density at radius 3 is 2.65 bits per heavy atom. The van der Waals surface area contributed by atoms with Crippen molar-refractivity contribution >= 4 is 5.78 Å². The SMILES string of the molecule is NC(CC(=O)c1cnccn1)c1ccccc1. The minimum absolute atomic E-state index is 0.0885. The minimum atomic E-state index is -0.300. The standard InChI is InChI=1S/C13H13N3O/c14-11(10-4-2-1-3-5-10)8-13(17)12-9-15-6-7-16-12/h1-7,9,11H,8,14H2. The third-order valence-electron chi connectivity index (χ3n) is 2.48. The first-order valence-electron chi connectivity index (χ1n) is 5.37. The van der Waals surface area contributed by atoms with Gasteiger partial charge in [0.25, 0.3) is 0 Å². The van der Waals surface area contributed by atoms with Gasteiger partial charge in [0.1, 0.15) is 5.69 Å². The van der Waals surface area contributed by atoms with Crippen LogP contribution in [0.15, 0.2) is 48.9 Å². The van der Waals surface area contributed by atoms with Crippen LogP contribution < -0.4 is 5.73 Å². The first-order chi connectivity index (χ1) is 8.27. The van der Waals surface area contributed by atoms with Gasteiger partial charge in [0.05, 0.1) is 6.20 Å². The molecule has 0 saturated heterocycles. The summed E-state index contributed by atoms with van der Waals surface area (Å²) >= 11 is 0. The highest BCUT2D eigenvalue weighted by Crippen LogP contribution is 2.15. The third kappa shape index (κ3) is 2.95. The second-order valence-corrected chi connectivity index (χ2v) is 3.74. The lowest BCUT2D eigenvalue weighted by atomic mass is 10.0. The molecule has 0 spiro atoms. The second kappa shape index (κ2) is 5.32. The molecule has 0 aliphatic carbocycles. The predicted octanol–water partition coefficient (Wildman–Crippen LogP) is 1.75. The molecule has 0 bridgehead atoms. The van der Waals surface area contributed by atoms with E-state index < -0.39 is 0 Å². The van der Waals surface area contributed by atoms with Crippen molar-refractivity contribution in [2.45, 2.75) is 12.5 Å².